The molecule has 0 bridgehead atoms. The molecule has 0 saturated carbocycles. The van der Waals surface area contributed by atoms with E-state index < -0.39 is 0 Å². The maximum Gasteiger partial charge on any atom is 0.220 e. The standard InChI is InChI=1S/C15H16BrNO2S2/c1-10-2-5-13(20-10)12(18)4-7-15(19)17-9-8-11-3-6-14(16)21-11/h2-3,5-6H,4,7-9H2,1H3,(H,17,19). The van der Waals surface area contributed by atoms with Gasteiger partial charge in [0.15, 0.2) is 5.78 Å². The number of Topliss-reactive ketones (excluding diaryl/α,β-unsaturated/α-hetero) is 1. The molecule has 0 aliphatic heterocycles. The highest BCUT2D eigenvalue weighted by Crippen LogP contribution is 2.22. The van der Waals surface area contributed by atoms with E-state index in [2.05, 4.69) is 21.2 Å². The van der Waals surface area contributed by atoms with E-state index in [1.54, 1.807) is 11.3 Å². The second-order valence-electron chi connectivity index (χ2n) is 4.64. The molecule has 0 saturated heterocycles. The molecule has 0 radical (unpaired) electrons. The summed E-state index contributed by atoms with van der Waals surface area (Å²) in [6, 6.07) is 7.80. The predicted octanol–water partition coefficient (Wildman–Crippen LogP) is 4.20. The van der Waals surface area contributed by atoms with E-state index in [0.717, 1.165) is 20.0 Å². The normalized spacial score (nSPS) is 10.6. The zero-order chi connectivity index (χ0) is 15.2. The van der Waals surface area contributed by atoms with Crippen LogP contribution < -0.4 is 5.32 Å². The van der Waals surface area contributed by atoms with Crippen LogP contribution in [0.2, 0.25) is 0 Å². The third kappa shape index (κ3) is 5.37. The SMILES string of the molecule is Cc1ccc(C(=O)CCC(=O)NCCc2ccc(Br)s2)s1. The summed E-state index contributed by atoms with van der Waals surface area (Å²) in [6.45, 7) is 2.58. The lowest BCUT2D eigenvalue weighted by Crippen LogP contribution is -2.25. The molecular formula is C15H16BrNO2S2. The number of amides is 1. The second kappa shape index (κ2) is 7.87. The molecule has 1 amide bonds. The van der Waals surface area contributed by atoms with Crippen LogP contribution in [-0.4, -0.2) is 18.2 Å². The van der Waals surface area contributed by atoms with Gasteiger partial charge in [0.1, 0.15) is 0 Å². The van der Waals surface area contributed by atoms with Crippen LogP contribution in [0.4, 0.5) is 0 Å². The van der Waals surface area contributed by atoms with Crippen molar-refractivity contribution in [3.63, 3.8) is 0 Å². The number of carbonyl (C=O) groups is 2. The van der Waals surface area contributed by atoms with Crippen LogP contribution in [0.5, 0.6) is 0 Å². The molecule has 2 heterocycles. The Bertz CT molecular complexity index is 633. The van der Waals surface area contributed by atoms with Crippen LogP contribution in [0.15, 0.2) is 28.1 Å². The summed E-state index contributed by atoms with van der Waals surface area (Å²) in [6.07, 6.45) is 1.35. The van der Waals surface area contributed by atoms with E-state index in [-0.39, 0.29) is 24.5 Å². The van der Waals surface area contributed by atoms with Gasteiger partial charge in [-0.3, -0.25) is 9.59 Å². The first-order chi connectivity index (χ1) is 10.0. The molecule has 1 N–H and O–H groups in total. The van der Waals surface area contributed by atoms with Crippen molar-refractivity contribution in [1.29, 1.82) is 0 Å². The Morgan fingerprint density at radius 3 is 2.57 bits per heavy atom. The monoisotopic (exact) mass is 385 g/mol. The maximum absolute atomic E-state index is 11.9. The third-order valence-corrected chi connectivity index (χ3v) is 5.64. The number of nitrogens with one attached hydrogen (secondary N) is 1. The summed E-state index contributed by atoms with van der Waals surface area (Å²) in [5.74, 6) is -0.0160. The molecule has 0 aliphatic rings. The summed E-state index contributed by atoms with van der Waals surface area (Å²) in [7, 11) is 0. The van der Waals surface area contributed by atoms with Gasteiger partial charge in [0.05, 0.1) is 8.66 Å². The zero-order valence-electron chi connectivity index (χ0n) is 11.6. The average Bonchev–Trinajstić information content (AvgIpc) is 3.05. The fourth-order valence-electron chi connectivity index (χ4n) is 1.83. The van der Waals surface area contributed by atoms with Crippen molar-refractivity contribution in [1.82, 2.24) is 5.32 Å². The molecule has 0 atom stereocenters. The quantitative estimate of drug-likeness (QED) is 0.725. The first-order valence-electron chi connectivity index (χ1n) is 6.65. The van der Waals surface area contributed by atoms with Crippen molar-refractivity contribution in [2.45, 2.75) is 26.2 Å². The predicted molar refractivity (Wildman–Crippen MR) is 91.4 cm³/mol. The number of hydrogen-bond acceptors (Lipinski definition) is 4. The molecule has 21 heavy (non-hydrogen) atoms. The minimum atomic E-state index is -0.0627. The van der Waals surface area contributed by atoms with Crippen LogP contribution in [0.1, 0.15) is 32.3 Å². The first kappa shape index (κ1) is 16.4. The Morgan fingerprint density at radius 2 is 1.95 bits per heavy atom. The third-order valence-electron chi connectivity index (χ3n) is 2.92. The Hall–Kier alpha value is -0.980. The lowest BCUT2D eigenvalue weighted by molar-refractivity contribution is -0.121. The number of carbonyl (C=O) groups excluding carboxylic acids is 2. The summed E-state index contributed by atoms with van der Waals surface area (Å²) in [5, 5.41) is 2.86. The maximum atomic E-state index is 11.9. The van der Waals surface area contributed by atoms with E-state index in [4.69, 9.17) is 0 Å². The topological polar surface area (TPSA) is 46.2 Å². The highest BCUT2D eigenvalue weighted by atomic mass is 79.9. The molecule has 2 rings (SSSR count). The van der Waals surface area contributed by atoms with Gasteiger partial charge in [0.2, 0.25) is 5.91 Å². The summed E-state index contributed by atoms with van der Waals surface area (Å²) >= 11 is 6.56. The van der Waals surface area contributed by atoms with Crippen molar-refractivity contribution in [3.05, 3.63) is 42.7 Å². The molecule has 3 nitrogen and oxygen atoms in total. The van der Waals surface area contributed by atoms with E-state index in [1.807, 2.05) is 31.2 Å². The second-order valence-corrected chi connectivity index (χ2v) is 8.47. The van der Waals surface area contributed by atoms with Gasteiger partial charge in [-0.15, -0.1) is 22.7 Å². The van der Waals surface area contributed by atoms with Gasteiger partial charge in [-0.25, -0.2) is 0 Å². The molecule has 6 heteroatoms. The smallest absolute Gasteiger partial charge is 0.220 e. The molecule has 2 aromatic rings. The number of aryl methyl sites for hydroxylation is 1. The highest BCUT2D eigenvalue weighted by molar-refractivity contribution is 9.11. The lowest BCUT2D eigenvalue weighted by atomic mass is 10.2. The van der Waals surface area contributed by atoms with Gasteiger partial charge in [0.25, 0.3) is 0 Å². The fourth-order valence-corrected chi connectivity index (χ4v) is 4.15. The molecule has 0 fully saturated rings. The Kier molecular flexibility index (Phi) is 6.14. The van der Waals surface area contributed by atoms with Crippen LogP contribution in [0.25, 0.3) is 0 Å². The minimum absolute atomic E-state index is 0.0467. The van der Waals surface area contributed by atoms with Crippen LogP contribution >= 0.6 is 38.6 Å². The summed E-state index contributed by atoms with van der Waals surface area (Å²) < 4.78 is 1.10. The van der Waals surface area contributed by atoms with E-state index >= 15 is 0 Å². The number of ketones is 1. The number of thiophene rings is 2. The Labute approximate surface area is 140 Å². The van der Waals surface area contributed by atoms with Crippen LogP contribution in [0, 0.1) is 6.92 Å². The van der Waals surface area contributed by atoms with Gasteiger partial charge >= 0.3 is 0 Å². The van der Waals surface area contributed by atoms with Gasteiger partial charge in [-0.05, 0) is 53.5 Å². The summed E-state index contributed by atoms with van der Waals surface area (Å²) in [5.41, 5.74) is 0. The van der Waals surface area contributed by atoms with Crippen molar-refractivity contribution < 1.29 is 9.59 Å². The lowest BCUT2D eigenvalue weighted by Gasteiger charge is -2.03. The van der Waals surface area contributed by atoms with Gasteiger partial charge in [-0.2, -0.15) is 0 Å². The molecule has 0 unspecified atom stereocenters. The molecule has 2 aromatic heterocycles. The number of hydrogen-bond donors (Lipinski definition) is 1. The van der Waals surface area contributed by atoms with Crippen molar-refractivity contribution in [2.75, 3.05) is 6.54 Å². The molecule has 0 spiro atoms. The fraction of sp³-hybridized carbons (Fsp3) is 0.333. The van der Waals surface area contributed by atoms with Crippen LogP contribution in [0.3, 0.4) is 0 Å². The number of halogens is 1. The Balaban J connectivity index is 1.66. The first-order valence-corrected chi connectivity index (χ1v) is 9.08. The molecule has 112 valence electrons. The van der Waals surface area contributed by atoms with E-state index in [1.165, 1.54) is 16.2 Å². The molecule has 0 aromatic carbocycles. The molecule has 0 aliphatic carbocycles. The summed E-state index contributed by atoms with van der Waals surface area (Å²) in [4.78, 5) is 26.7. The minimum Gasteiger partial charge on any atom is -0.356 e. The van der Waals surface area contributed by atoms with Crippen molar-refractivity contribution >= 4 is 50.3 Å². The van der Waals surface area contributed by atoms with Crippen LogP contribution in [-0.2, 0) is 11.2 Å². The van der Waals surface area contributed by atoms with Gasteiger partial charge in [-0.1, -0.05) is 0 Å². The molecular weight excluding hydrogens is 370 g/mol. The van der Waals surface area contributed by atoms with Gasteiger partial charge < -0.3 is 5.32 Å². The number of rotatable bonds is 7. The van der Waals surface area contributed by atoms with E-state index in [0.29, 0.717) is 6.54 Å². The zero-order valence-corrected chi connectivity index (χ0v) is 14.9. The van der Waals surface area contributed by atoms with Gasteiger partial charge in [0, 0.05) is 29.1 Å². The Morgan fingerprint density at radius 1 is 1.14 bits per heavy atom. The van der Waals surface area contributed by atoms with Crippen molar-refractivity contribution in [3.8, 4) is 0 Å². The van der Waals surface area contributed by atoms with E-state index in [9.17, 15) is 9.59 Å². The van der Waals surface area contributed by atoms with Crippen molar-refractivity contribution in [2.24, 2.45) is 0 Å². The average molecular weight is 386 g/mol. The highest BCUT2D eigenvalue weighted by Gasteiger charge is 2.10. The largest absolute Gasteiger partial charge is 0.356 e.